The number of aryl methyl sites for hydroxylation is 1. The van der Waals surface area contributed by atoms with Crippen molar-refractivity contribution in [3.8, 4) is 17.2 Å². The SMILES string of the molecule is CCc1cccc2sc(N(CCN3CCOCC3)C(=O)c3cc(OC)c(OC)c(OC)c3)nc12. The third-order valence-corrected chi connectivity index (χ3v) is 7.05. The monoisotopic (exact) mass is 485 g/mol. The fourth-order valence-corrected chi connectivity index (χ4v) is 5.14. The molecule has 0 aliphatic carbocycles. The molecule has 1 amide bonds. The molecule has 1 aromatic heterocycles. The smallest absolute Gasteiger partial charge is 0.260 e. The molecule has 2 heterocycles. The maximum Gasteiger partial charge on any atom is 0.260 e. The minimum absolute atomic E-state index is 0.162. The van der Waals surface area contributed by atoms with Crippen LogP contribution in [-0.2, 0) is 11.2 Å². The van der Waals surface area contributed by atoms with Crippen molar-refractivity contribution in [1.82, 2.24) is 9.88 Å². The number of ether oxygens (including phenoxy) is 4. The fourth-order valence-electron chi connectivity index (χ4n) is 4.11. The van der Waals surface area contributed by atoms with Crippen molar-refractivity contribution in [2.45, 2.75) is 13.3 Å². The molecule has 0 bridgehead atoms. The van der Waals surface area contributed by atoms with Gasteiger partial charge in [-0.1, -0.05) is 30.4 Å². The highest BCUT2D eigenvalue weighted by Crippen LogP contribution is 2.39. The second-order valence-electron chi connectivity index (χ2n) is 7.94. The zero-order chi connectivity index (χ0) is 24.1. The normalized spacial score (nSPS) is 14.2. The molecule has 1 saturated heterocycles. The summed E-state index contributed by atoms with van der Waals surface area (Å²) in [4.78, 5) is 22.9. The molecule has 0 N–H and O–H groups in total. The highest BCUT2D eigenvalue weighted by Gasteiger charge is 2.26. The third-order valence-electron chi connectivity index (χ3n) is 6.00. The molecule has 182 valence electrons. The predicted octanol–water partition coefficient (Wildman–Crippen LogP) is 3.86. The first-order valence-corrected chi connectivity index (χ1v) is 12.2. The van der Waals surface area contributed by atoms with Crippen LogP contribution < -0.4 is 19.1 Å². The van der Waals surface area contributed by atoms with Crippen molar-refractivity contribution in [3.63, 3.8) is 0 Å². The Bertz CT molecular complexity index is 1120. The zero-order valence-electron chi connectivity index (χ0n) is 20.1. The molecule has 0 radical (unpaired) electrons. The van der Waals surface area contributed by atoms with Gasteiger partial charge in [-0.25, -0.2) is 4.98 Å². The van der Waals surface area contributed by atoms with Crippen LogP contribution in [0.25, 0.3) is 10.2 Å². The van der Waals surface area contributed by atoms with Gasteiger partial charge in [-0.05, 0) is 30.2 Å². The van der Waals surface area contributed by atoms with Crippen LogP contribution in [0, 0.1) is 0 Å². The molecule has 0 unspecified atom stereocenters. The molecule has 4 rings (SSSR count). The quantitative estimate of drug-likeness (QED) is 0.456. The molecule has 0 atom stereocenters. The van der Waals surface area contributed by atoms with Gasteiger partial charge >= 0.3 is 0 Å². The third kappa shape index (κ3) is 4.96. The number of nitrogens with zero attached hydrogens (tertiary/aromatic N) is 3. The summed E-state index contributed by atoms with van der Waals surface area (Å²) in [7, 11) is 4.63. The Morgan fingerprint density at radius 3 is 2.44 bits per heavy atom. The Labute approximate surface area is 204 Å². The summed E-state index contributed by atoms with van der Waals surface area (Å²) in [5, 5.41) is 0.683. The molecule has 8 nitrogen and oxygen atoms in total. The van der Waals surface area contributed by atoms with Gasteiger partial charge in [0.25, 0.3) is 5.91 Å². The summed E-state index contributed by atoms with van der Waals surface area (Å²) in [6.07, 6.45) is 0.884. The summed E-state index contributed by atoms with van der Waals surface area (Å²) < 4.78 is 22.9. The molecule has 2 aromatic carbocycles. The number of methoxy groups -OCH3 is 3. The zero-order valence-corrected chi connectivity index (χ0v) is 20.9. The number of para-hydroxylation sites is 1. The Kier molecular flexibility index (Phi) is 7.87. The Hall–Kier alpha value is -2.88. The topological polar surface area (TPSA) is 73.4 Å². The minimum atomic E-state index is -0.162. The highest BCUT2D eigenvalue weighted by atomic mass is 32.1. The highest BCUT2D eigenvalue weighted by molar-refractivity contribution is 7.22. The van der Waals surface area contributed by atoms with E-state index in [2.05, 4.69) is 24.0 Å². The van der Waals surface area contributed by atoms with E-state index in [0.717, 1.165) is 36.3 Å². The van der Waals surface area contributed by atoms with Gasteiger partial charge in [0.15, 0.2) is 16.6 Å². The van der Waals surface area contributed by atoms with Crippen molar-refractivity contribution < 1.29 is 23.7 Å². The van der Waals surface area contributed by atoms with Crippen LogP contribution in [0.2, 0.25) is 0 Å². The molecule has 1 aliphatic rings. The molecule has 1 fully saturated rings. The molecule has 0 spiro atoms. The number of aromatic nitrogens is 1. The standard InChI is InChI=1S/C25H31N3O5S/c1-5-17-7-6-8-21-22(17)26-25(34-21)28(10-9-27-11-13-33-14-12-27)24(29)18-15-19(30-2)23(32-4)20(16-18)31-3/h6-8,15-16H,5,9-14H2,1-4H3. The van der Waals surface area contributed by atoms with E-state index in [1.165, 1.54) is 16.9 Å². The summed E-state index contributed by atoms with van der Waals surface area (Å²) in [5.74, 6) is 1.17. The van der Waals surface area contributed by atoms with E-state index in [9.17, 15) is 4.79 Å². The second kappa shape index (κ2) is 11.0. The number of hydrogen-bond donors (Lipinski definition) is 0. The van der Waals surface area contributed by atoms with Gasteiger partial charge in [0.1, 0.15) is 0 Å². The molecule has 1 aliphatic heterocycles. The van der Waals surface area contributed by atoms with Gasteiger partial charge in [-0.15, -0.1) is 0 Å². The van der Waals surface area contributed by atoms with E-state index in [1.54, 1.807) is 38.4 Å². The number of morpholine rings is 1. The summed E-state index contributed by atoms with van der Waals surface area (Å²) in [6, 6.07) is 9.57. The number of rotatable bonds is 9. The van der Waals surface area contributed by atoms with Gasteiger partial charge in [0.05, 0.1) is 44.8 Å². The van der Waals surface area contributed by atoms with Crippen LogP contribution in [0.3, 0.4) is 0 Å². The number of carbonyl (C=O) groups is 1. The average Bonchev–Trinajstić information content (AvgIpc) is 3.32. The number of carbonyl (C=O) groups excluding carboxylic acids is 1. The van der Waals surface area contributed by atoms with Crippen LogP contribution in [-0.4, -0.2) is 76.5 Å². The van der Waals surface area contributed by atoms with E-state index >= 15 is 0 Å². The van der Waals surface area contributed by atoms with Crippen LogP contribution in [0.4, 0.5) is 5.13 Å². The predicted molar refractivity (Wildman–Crippen MR) is 134 cm³/mol. The van der Waals surface area contributed by atoms with Crippen LogP contribution in [0.15, 0.2) is 30.3 Å². The van der Waals surface area contributed by atoms with Gasteiger partial charge in [-0.3, -0.25) is 14.6 Å². The number of amides is 1. The number of anilines is 1. The number of fused-ring (bicyclic) bond motifs is 1. The van der Waals surface area contributed by atoms with Gasteiger partial charge in [-0.2, -0.15) is 0 Å². The largest absolute Gasteiger partial charge is 0.493 e. The van der Waals surface area contributed by atoms with E-state index in [-0.39, 0.29) is 5.91 Å². The Morgan fingerprint density at radius 1 is 1.12 bits per heavy atom. The van der Waals surface area contributed by atoms with E-state index in [4.69, 9.17) is 23.9 Å². The van der Waals surface area contributed by atoms with Crippen molar-refractivity contribution in [2.24, 2.45) is 0 Å². The van der Waals surface area contributed by atoms with Crippen LogP contribution >= 0.6 is 11.3 Å². The van der Waals surface area contributed by atoms with Gasteiger partial charge in [0.2, 0.25) is 5.75 Å². The number of thiazole rings is 1. The van der Waals surface area contributed by atoms with E-state index in [0.29, 0.717) is 47.7 Å². The molecule has 0 saturated carbocycles. The van der Waals surface area contributed by atoms with Crippen molar-refractivity contribution >= 4 is 32.6 Å². The molecular formula is C25H31N3O5S. The molecular weight excluding hydrogens is 454 g/mol. The van der Waals surface area contributed by atoms with Crippen molar-refractivity contribution in [1.29, 1.82) is 0 Å². The first-order chi connectivity index (χ1) is 16.6. The fraction of sp³-hybridized carbons (Fsp3) is 0.440. The minimum Gasteiger partial charge on any atom is -0.493 e. The van der Waals surface area contributed by atoms with Gasteiger partial charge in [0, 0.05) is 31.7 Å². The van der Waals surface area contributed by atoms with Crippen molar-refractivity contribution in [2.75, 3.05) is 65.6 Å². The summed E-state index contributed by atoms with van der Waals surface area (Å²) >= 11 is 1.54. The summed E-state index contributed by atoms with van der Waals surface area (Å²) in [5.41, 5.74) is 2.58. The number of benzene rings is 2. The second-order valence-corrected chi connectivity index (χ2v) is 8.95. The lowest BCUT2D eigenvalue weighted by molar-refractivity contribution is 0.0391. The van der Waals surface area contributed by atoms with Crippen molar-refractivity contribution in [3.05, 3.63) is 41.5 Å². The first-order valence-electron chi connectivity index (χ1n) is 11.4. The lowest BCUT2D eigenvalue weighted by atomic mass is 10.1. The average molecular weight is 486 g/mol. The Morgan fingerprint density at radius 2 is 1.82 bits per heavy atom. The molecule has 34 heavy (non-hydrogen) atoms. The Balaban J connectivity index is 1.72. The van der Waals surface area contributed by atoms with Crippen LogP contribution in [0.1, 0.15) is 22.8 Å². The molecule has 3 aromatic rings. The first kappa shape index (κ1) is 24.3. The van der Waals surface area contributed by atoms with E-state index in [1.807, 2.05) is 6.07 Å². The lowest BCUT2D eigenvalue weighted by Crippen LogP contribution is -2.43. The summed E-state index contributed by atoms with van der Waals surface area (Å²) in [6.45, 7) is 6.49. The van der Waals surface area contributed by atoms with Crippen LogP contribution in [0.5, 0.6) is 17.2 Å². The van der Waals surface area contributed by atoms with E-state index < -0.39 is 0 Å². The number of hydrogen-bond acceptors (Lipinski definition) is 8. The maximum absolute atomic E-state index is 13.9. The van der Waals surface area contributed by atoms with Gasteiger partial charge < -0.3 is 18.9 Å². The maximum atomic E-state index is 13.9. The molecule has 9 heteroatoms. The lowest BCUT2D eigenvalue weighted by Gasteiger charge is -2.29.